The normalized spacial score (nSPS) is 10.2. The molecule has 98 valence electrons. The molecule has 2 aromatic carbocycles. The minimum absolute atomic E-state index is 0.237. The van der Waals surface area contributed by atoms with Crippen LogP contribution in [0.15, 0.2) is 36.4 Å². The zero-order chi connectivity index (χ0) is 14.0. The summed E-state index contributed by atoms with van der Waals surface area (Å²) in [5, 5.41) is 2.78. The fourth-order valence-corrected chi connectivity index (χ4v) is 1.83. The van der Waals surface area contributed by atoms with Crippen molar-refractivity contribution in [3.8, 4) is 0 Å². The van der Waals surface area contributed by atoms with E-state index < -0.39 is 0 Å². The molecule has 0 aliphatic carbocycles. The van der Waals surface area contributed by atoms with Crippen molar-refractivity contribution in [2.45, 2.75) is 6.92 Å². The van der Waals surface area contributed by atoms with Crippen molar-refractivity contribution < 1.29 is 4.79 Å². The predicted molar refractivity (Wildman–Crippen MR) is 78.8 cm³/mol. The average molecular weight is 256 g/mol. The lowest BCUT2D eigenvalue weighted by Crippen LogP contribution is -2.14. The Bertz CT molecular complexity index is 597. The number of benzene rings is 2. The number of carbonyl (C=O) groups is 1. The van der Waals surface area contributed by atoms with E-state index in [0.29, 0.717) is 28.3 Å². The van der Waals surface area contributed by atoms with E-state index in [-0.39, 0.29) is 5.91 Å². The lowest BCUT2D eigenvalue weighted by atomic mass is 10.1. The second-order valence-electron chi connectivity index (χ2n) is 4.38. The van der Waals surface area contributed by atoms with Crippen LogP contribution >= 0.6 is 0 Å². The zero-order valence-corrected chi connectivity index (χ0v) is 10.6. The third kappa shape index (κ3) is 2.77. The summed E-state index contributed by atoms with van der Waals surface area (Å²) in [5.41, 5.74) is 20.7. The quantitative estimate of drug-likeness (QED) is 0.616. The van der Waals surface area contributed by atoms with Crippen LogP contribution in [-0.4, -0.2) is 5.91 Å². The van der Waals surface area contributed by atoms with Crippen LogP contribution in [0.5, 0.6) is 0 Å². The molecule has 0 aliphatic heterocycles. The van der Waals surface area contributed by atoms with Crippen LogP contribution < -0.4 is 22.5 Å². The molecule has 0 heterocycles. The standard InChI is InChI=1S/C14H16N4O/c1-8-6-11(16)7-12(17)13(8)18-14(19)9-2-4-10(15)5-3-9/h2-7H,15-17H2,1H3,(H,18,19). The van der Waals surface area contributed by atoms with Crippen LogP contribution in [0.25, 0.3) is 0 Å². The van der Waals surface area contributed by atoms with Gasteiger partial charge in [0.1, 0.15) is 0 Å². The van der Waals surface area contributed by atoms with E-state index in [9.17, 15) is 4.79 Å². The molecule has 2 rings (SSSR count). The monoisotopic (exact) mass is 256 g/mol. The Morgan fingerprint density at radius 3 is 2.21 bits per heavy atom. The van der Waals surface area contributed by atoms with E-state index in [4.69, 9.17) is 17.2 Å². The second-order valence-corrected chi connectivity index (χ2v) is 4.38. The Morgan fingerprint density at radius 2 is 1.63 bits per heavy atom. The van der Waals surface area contributed by atoms with Crippen LogP contribution in [0.1, 0.15) is 15.9 Å². The van der Waals surface area contributed by atoms with Crippen molar-refractivity contribution in [2.75, 3.05) is 22.5 Å². The third-order valence-corrected chi connectivity index (χ3v) is 2.80. The van der Waals surface area contributed by atoms with Gasteiger partial charge in [-0.05, 0) is 48.9 Å². The van der Waals surface area contributed by atoms with Gasteiger partial charge in [0.05, 0.1) is 11.4 Å². The highest BCUT2D eigenvalue weighted by Gasteiger charge is 2.10. The summed E-state index contributed by atoms with van der Waals surface area (Å²) in [5.74, 6) is -0.237. The summed E-state index contributed by atoms with van der Waals surface area (Å²) in [6.45, 7) is 1.84. The van der Waals surface area contributed by atoms with E-state index in [1.807, 2.05) is 6.92 Å². The highest BCUT2D eigenvalue weighted by Crippen LogP contribution is 2.26. The molecule has 0 radical (unpaired) electrons. The fraction of sp³-hybridized carbons (Fsp3) is 0.0714. The number of anilines is 4. The molecule has 5 heteroatoms. The fourth-order valence-electron chi connectivity index (χ4n) is 1.83. The maximum absolute atomic E-state index is 12.1. The second kappa shape index (κ2) is 4.89. The Balaban J connectivity index is 2.26. The molecular weight excluding hydrogens is 240 g/mol. The van der Waals surface area contributed by atoms with Gasteiger partial charge in [-0.3, -0.25) is 4.79 Å². The zero-order valence-electron chi connectivity index (χ0n) is 10.6. The number of hydrogen-bond acceptors (Lipinski definition) is 4. The summed E-state index contributed by atoms with van der Waals surface area (Å²) < 4.78 is 0. The van der Waals surface area contributed by atoms with Gasteiger partial charge < -0.3 is 22.5 Å². The molecule has 0 saturated heterocycles. The molecule has 0 aromatic heterocycles. The van der Waals surface area contributed by atoms with Crippen LogP contribution in [-0.2, 0) is 0 Å². The Labute approximate surface area is 111 Å². The Kier molecular flexibility index (Phi) is 3.29. The molecule has 0 atom stereocenters. The molecule has 0 saturated carbocycles. The highest BCUT2D eigenvalue weighted by molar-refractivity contribution is 6.06. The first-order chi connectivity index (χ1) is 8.97. The van der Waals surface area contributed by atoms with E-state index in [1.54, 1.807) is 36.4 Å². The van der Waals surface area contributed by atoms with E-state index in [0.717, 1.165) is 5.56 Å². The van der Waals surface area contributed by atoms with Crippen molar-refractivity contribution >= 4 is 28.7 Å². The molecule has 0 spiro atoms. The SMILES string of the molecule is Cc1cc(N)cc(N)c1NC(=O)c1ccc(N)cc1. The summed E-state index contributed by atoms with van der Waals surface area (Å²) >= 11 is 0. The molecule has 7 N–H and O–H groups in total. The third-order valence-electron chi connectivity index (χ3n) is 2.80. The number of amides is 1. The number of hydrogen-bond donors (Lipinski definition) is 4. The summed E-state index contributed by atoms with van der Waals surface area (Å²) in [6, 6.07) is 10.0. The predicted octanol–water partition coefficient (Wildman–Crippen LogP) is 1.99. The van der Waals surface area contributed by atoms with E-state index in [2.05, 4.69) is 5.32 Å². The van der Waals surface area contributed by atoms with Gasteiger partial charge in [-0.1, -0.05) is 0 Å². The molecule has 2 aromatic rings. The van der Waals surface area contributed by atoms with Crippen LogP contribution in [0, 0.1) is 6.92 Å². The van der Waals surface area contributed by atoms with Gasteiger partial charge in [0, 0.05) is 16.9 Å². The number of carbonyl (C=O) groups excluding carboxylic acids is 1. The minimum atomic E-state index is -0.237. The summed E-state index contributed by atoms with van der Waals surface area (Å²) in [4.78, 5) is 12.1. The lowest BCUT2D eigenvalue weighted by molar-refractivity contribution is 0.102. The average Bonchev–Trinajstić information content (AvgIpc) is 2.34. The maximum atomic E-state index is 12.1. The molecule has 19 heavy (non-hydrogen) atoms. The topological polar surface area (TPSA) is 107 Å². The first-order valence-electron chi connectivity index (χ1n) is 5.80. The molecule has 0 fully saturated rings. The van der Waals surface area contributed by atoms with Crippen LogP contribution in [0.4, 0.5) is 22.7 Å². The van der Waals surface area contributed by atoms with Gasteiger partial charge in [-0.2, -0.15) is 0 Å². The van der Waals surface area contributed by atoms with Gasteiger partial charge >= 0.3 is 0 Å². The maximum Gasteiger partial charge on any atom is 0.255 e. The van der Waals surface area contributed by atoms with E-state index >= 15 is 0 Å². The van der Waals surface area contributed by atoms with Gasteiger partial charge in [0.25, 0.3) is 5.91 Å². The minimum Gasteiger partial charge on any atom is -0.399 e. The molecule has 5 nitrogen and oxygen atoms in total. The summed E-state index contributed by atoms with van der Waals surface area (Å²) in [7, 11) is 0. The van der Waals surface area contributed by atoms with Gasteiger partial charge in [0.2, 0.25) is 0 Å². The van der Waals surface area contributed by atoms with Gasteiger partial charge in [0.15, 0.2) is 0 Å². The van der Waals surface area contributed by atoms with Gasteiger partial charge in [-0.25, -0.2) is 0 Å². The lowest BCUT2D eigenvalue weighted by Gasteiger charge is -2.12. The van der Waals surface area contributed by atoms with Crippen molar-refractivity contribution in [3.63, 3.8) is 0 Å². The molecular formula is C14H16N4O. The first-order valence-corrected chi connectivity index (χ1v) is 5.80. The number of rotatable bonds is 2. The number of nitrogen functional groups attached to an aromatic ring is 3. The van der Waals surface area contributed by atoms with Gasteiger partial charge in [-0.15, -0.1) is 0 Å². The smallest absolute Gasteiger partial charge is 0.255 e. The molecule has 0 unspecified atom stereocenters. The van der Waals surface area contributed by atoms with Crippen molar-refractivity contribution in [1.29, 1.82) is 0 Å². The van der Waals surface area contributed by atoms with Crippen molar-refractivity contribution in [2.24, 2.45) is 0 Å². The molecule has 0 aliphatic rings. The summed E-state index contributed by atoms with van der Waals surface area (Å²) in [6.07, 6.45) is 0. The molecule has 0 bridgehead atoms. The molecule has 1 amide bonds. The van der Waals surface area contributed by atoms with Crippen molar-refractivity contribution in [1.82, 2.24) is 0 Å². The Hall–Kier alpha value is -2.69. The number of aryl methyl sites for hydroxylation is 1. The number of nitrogens with one attached hydrogen (secondary N) is 1. The van der Waals surface area contributed by atoms with Crippen LogP contribution in [0.2, 0.25) is 0 Å². The van der Waals surface area contributed by atoms with Crippen molar-refractivity contribution in [3.05, 3.63) is 47.5 Å². The first kappa shape index (κ1) is 12.8. The Morgan fingerprint density at radius 1 is 1.00 bits per heavy atom. The largest absolute Gasteiger partial charge is 0.399 e. The highest BCUT2D eigenvalue weighted by atomic mass is 16.1. The number of nitrogens with two attached hydrogens (primary N) is 3. The van der Waals surface area contributed by atoms with Crippen LogP contribution in [0.3, 0.4) is 0 Å². The van der Waals surface area contributed by atoms with E-state index in [1.165, 1.54) is 0 Å².